The zero-order chi connectivity index (χ0) is 2.71. The average molecular weight is 193 g/mol. The topological polar surface area (TPSA) is 60.3 Å². The Kier molecular flexibility index (Phi) is 65.6. The maximum atomic E-state index is 6.86. The van der Waals surface area contributed by atoms with Gasteiger partial charge in [-0.2, -0.15) is 0 Å². The van der Waals surface area contributed by atoms with Gasteiger partial charge < -0.3 is 24.0 Å². The molecule has 0 aliphatic rings. The van der Waals surface area contributed by atoms with Crippen molar-refractivity contribution in [2.24, 2.45) is 0 Å². The molecular formula is HIN3Na. The fourth-order valence-electron chi connectivity index (χ4n) is 0. The molecule has 0 amide bonds. The van der Waals surface area contributed by atoms with Gasteiger partial charge in [-0.3, -0.25) is 0 Å². The molecule has 0 atom stereocenters. The third-order valence-electron chi connectivity index (χ3n) is 0. The third kappa shape index (κ3) is 43.1. The standard InChI is InChI=1S/HI.HN3.Na/c;1-3-2;/h1H;1H;/q;;+1/p-1. The molecule has 0 aliphatic heterocycles. The predicted octanol–water partition coefficient (Wildman–Crippen LogP) is -5.12. The van der Waals surface area contributed by atoms with Gasteiger partial charge in [0.15, 0.2) is 0 Å². The number of hydrogen-bond donors (Lipinski definition) is 1. The van der Waals surface area contributed by atoms with E-state index < -0.39 is 0 Å². The predicted molar refractivity (Wildman–Crippen MR) is 9.44 cm³/mol. The quantitative estimate of drug-likeness (QED) is 0.131. The van der Waals surface area contributed by atoms with Crippen molar-refractivity contribution in [1.82, 2.24) is 0 Å². The van der Waals surface area contributed by atoms with Gasteiger partial charge in [0.2, 0.25) is 0 Å². The first-order valence-corrected chi connectivity index (χ1v) is 0.424. The Morgan fingerprint density at radius 1 is 1.60 bits per heavy atom. The molecule has 3 nitrogen and oxygen atoms in total. The maximum Gasteiger partial charge on any atom is 1.00 e. The largest absolute Gasteiger partial charge is 1.00 e. The van der Waals surface area contributed by atoms with E-state index in [4.69, 9.17) is 11.1 Å². The van der Waals surface area contributed by atoms with Crippen molar-refractivity contribution in [2.45, 2.75) is 0 Å². The van der Waals surface area contributed by atoms with Crippen LogP contribution in [0.5, 0.6) is 0 Å². The zero-order valence-electron chi connectivity index (χ0n) is 2.77. The second kappa shape index (κ2) is 19.8. The van der Waals surface area contributed by atoms with E-state index in [0.29, 0.717) is 0 Å². The smallest absolute Gasteiger partial charge is 1.00 e. The Balaban J connectivity index is -0.0000000200. The fraction of sp³-hybridized carbons (Fsp3) is 0. The first-order valence-electron chi connectivity index (χ1n) is 0.424. The van der Waals surface area contributed by atoms with Crippen LogP contribution in [0, 0.1) is 5.53 Å². The van der Waals surface area contributed by atoms with Crippen LogP contribution in [0.2, 0.25) is 0 Å². The monoisotopic (exact) mass is 193 g/mol. The molecule has 1 N–H and O–H groups in total. The van der Waals surface area contributed by atoms with Gasteiger partial charge in [-0.25, -0.2) is 0 Å². The molecule has 0 aromatic heterocycles. The second-order valence-corrected chi connectivity index (χ2v) is 0.100. The second-order valence-electron chi connectivity index (χ2n) is 0.100. The van der Waals surface area contributed by atoms with E-state index in [2.05, 4.69) is 0 Å². The molecule has 24 valence electrons. The van der Waals surface area contributed by atoms with Crippen LogP contribution in [-0.4, -0.2) is 0 Å². The molecule has 0 saturated heterocycles. The summed E-state index contributed by atoms with van der Waals surface area (Å²) in [6.07, 6.45) is 0. The van der Waals surface area contributed by atoms with Gasteiger partial charge in [0.25, 0.3) is 0 Å². The first kappa shape index (κ1) is 16.6. The van der Waals surface area contributed by atoms with Crippen LogP contribution < -0.4 is 53.5 Å². The van der Waals surface area contributed by atoms with Crippen LogP contribution in [0.25, 0.3) is 10.4 Å². The van der Waals surface area contributed by atoms with Crippen LogP contribution in [0.3, 0.4) is 0 Å². The molecule has 0 heterocycles. The van der Waals surface area contributed by atoms with Crippen LogP contribution in [0.1, 0.15) is 0 Å². The van der Waals surface area contributed by atoms with E-state index in [1.54, 1.807) is 4.91 Å². The zero-order valence-corrected chi connectivity index (χ0v) is 6.93. The Labute approximate surface area is 68.9 Å². The molecule has 0 radical (unpaired) electrons. The van der Waals surface area contributed by atoms with Crippen LogP contribution in [-0.2, 0) is 0 Å². The van der Waals surface area contributed by atoms with Crippen molar-refractivity contribution in [1.29, 1.82) is 5.53 Å². The summed E-state index contributed by atoms with van der Waals surface area (Å²) in [7, 11) is 0. The summed E-state index contributed by atoms with van der Waals surface area (Å²) in [5, 5.41) is 0. The van der Waals surface area contributed by atoms with E-state index >= 15 is 0 Å². The molecule has 0 aromatic carbocycles. The van der Waals surface area contributed by atoms with E-state index in [-0.39, 0.29) is 53.5 Å². The van der Waals surface area contributed by atoms with Gasteiger partial charge in [0.1, 0.15) is 0 Å². The van der Waals surface area contributed by atoms with Crippen molar-refractivity contribution in [3.63, 3.8) is 0 Å². The molecule has 0 saturated carbocycles. The Morgan fingerprint density at radius 3 is 1.60 bits per heavy atom. The fourth-order valence-corrected chi connectivity index (χ4v) is 0. The minimum atomic E-state index is 0. The van der Waals surface area contributed by atoms with E-state index in [9.17, 15) is 0 Å². The molecule has 5 heteroatoms. The number of nitrogens with one attached hydrogen (secondary N) is 1. The summed E-state index contributed by atoms with van der Waals surface area (Å²) >= 11 is 0. The molecule has 0 unspecified atom stereocenters. The molecule has 0 bridgehead atoms. The van der Waals surface area contributed by atoms with Gasteiger partial charge in [-0.1, -0.05) is 0 Å². The van der Waals surface area contributed by atoms with Gasteiger partial charge in [-0.05, 0) is 10.4 Å². The summed E-state index contributed by atoms with van der Waals surface area (Å²) in [4.78, 5) is 1.75. The molecule has 0 aliphatic carbocycles. The normalized spacial score (nSPS) is 1.60. The van der Waals surface area contributed by atoms with Crippen LogP contribution in [0.15, 0.2) is 0 Å². The molecular weight excluding hydrogens is 192 g/mol. The Hall–Kier alpha value is 1.04. The maximum absolute atomic E-state index is 6.86. The summed E-state index contributed by atoms with van der Waals surface area (Å²) in [6.45, 7) is 0. The SMILES string of the molecule is [I-].[N-]=[N+]=N.[Na+]. The van der Waals surface area contributed by atoms with Crippen LogP contribution in [0.4, 0.5) is 0 Å². The van der Waals surface area contributed by atoms with Crippen molar-refractivity contribution >= 4 is 0 Å². The minimum Gasteiger partial charge on any atom is -1.00 e. The van der Waals surface area contributed by atoms with Gasteiger partial charge in [0, 0.05) is 0 Å². The number of halogens is 1. The Bertz CT molecular complexity index is 27.9. The van der Waals surface area contributed by atoms with E-state index in [1.807, 2.05) is 0 Å². The molecule has 0 aromatic rings. The number of rotatable bonds is 0. The van der Waals surface area contributed by atoms with Crippen molar-refractivity contribution in [2.75, 3.05) is 0 Å². The average Bonchev–Trinajstić information content (AvgIpc) is 0.918. The summed E-state index contributed by atoms with van der Waals surface area (Å²) in [6, 6.07) is 0. The molecule has 0 rings (SSSR count). The molecule has 5 heavy (non-hydrogen) atoms. The van der Waals surface area contributed by atoms with E-state index in [1.165, 1.54) is 0 Å². The first-order chi connectivity index (χ1) is 1.41. The molecule has 0 fully saturated rings. The van der Waals surface area contributed by atoms with Crippen molar-refractivity contribution < 1.29 is 53.5 Å². The van der Waals surface area contributed by atoms with Crippen molar-refractivity contribution in [3.05, 3.63) is 10.4 Å². The van der Waals surface area contributed by atoms with Gasteiger partial charge in [-0.15, -0.1) is 5.53 Å². The van der Waals surface area contributed by atoms with Gasteiger partial charge >= 0.3 is 29.6 Å². The Morgan fingerprint density at radius 2 is 1.60 bits per heavy atom. The summed E-state index contributed by atoms with van der Waals surface area (Å²) in [5.41, 5.74) is 12.2. The van der Waals surface area contributed by atoms with Crippen LogP contribution >= 0.6 is 0 Å². The van der Waals surface area contributed by atoms with E-state index in [0.717, 1.165) is 0 Å². The summed E-state index contributed by atoms with van der Waals surface area (Å²) in [5.74, 6) is 0. The van der Waals surface area contributed by atoms with Gasteiger partial charge in [0.05, 0.1) is 0 Å². The third-order valence-corrected chi connectivity index (χ3v) is 0. The van der Waals surface area contributed by atoms with Crippen molar-refractivity contribution in [3.8, 4) is 0 Å². The number of nitrogens with zero attached hydrogens (tertiary/aromatic N) is 2. The summed E-state index contributed by atoms with van der Waals surface area (Å²) < 4.78 is 0. The molecule has 0 spiro atoms. The number of hydrogen-bond acceptors (Lipinski definition) is 1. The minimum absolute atomic E-state index is 0.